The lowest BCUT2D eigenvalue weighted by Crippen LogP contribution is -2.29. The normalized spacial score (nSPS) is 17.0. The number of allylic oxidation sites excluding steroid dienone is 3. The van der Waals surface area contributed by atoms with Gasteiger partial charge in [0, 0.05) is 17.2 Å². The average molecular weight is 318 g/mol. The first-order valence-corrected chi connectivity index (χ1v) is 7.66. The number of ether oxygens (including phenoxy) is 2. The van der Waals surface area contributed by atoms with E-state index in [9.17, 15) is 9.18 Å². The summed E-state index contributed by atoms with van der Waals surface area (Å²) >= 11 is 0. The van der Waals surface area contributed by atoms with Crippen molar-refractivity contribution in [1.29, 1.82) is 0 Å². The number of carbonyl (C=O) groups is 1. The highest BCUT2D eigenvalue weighted by atomic mass is 19.1. The van der Waals surface area contributed by atoms with E-state index in [1.807, 2.05) is 19.9 Å². The summed E-state index contributed by atoms with van der Waals surface area (Å²) < 4.78 is 25.2. The van der Waals surface area contributed by atoms with E-state index in [-0.39, 0.29) is 11.9 Å². The molecule has 0 aromatic heterocycles. The molecule has 0 saturated heterocycles. The van der Waals surface area contributed by atoms with Crippen molar-refractivity contribution in [1.82, 2.24) is 0 Å². The van der Waals surface area contributed by atoms with Gasteiger partial charge in [-0.3, -0.25) is 4.79 Å². The highest BCUT2D eigenvalue weighted by molar-refractivity contribution is 5.88. The van der Waals surface area contributed by atoms with Crippen LogP contribution in [0.25, 0.3) is 11.1 Å². The summed E-state index contributed by atoms with van der Waals surface area (Å²) in [5, 5.41) is 0. The van der Waals surface area contributed by atoms with Gasteiger partial charge in [-0.2, -0.15) is 0 Å². The van der Waals surface area contributed by atoms with Crippen molar-refractivity contribution in [3.8, 4) is 11.5 Å². The molecule has 0 radical (unpaired) electrons. The Hall–Kier alpha value is -2.10. The zero-order valence-corrected chi connectivity index (χ0v) is 14.5. The van der Waals surface area contributed by atoms with Crippen molar-refractivity contribution in [3.63, 3.8) is 0 Å². The minimum absolute atomic E-state index is 0.215. The molecule has 4 heteroatoms. The van der Waals surface area contributed by atoms with Crippen molar-refractivity contribution in [2.75, 3.05) is 7.11 Å². The first-order valence-electron chi connectivity index (χ1n) is 7.66. The molecule has 1 heterocycles. The second-order valence-electron chi connectivity index (χ2n) is 6.60. The Kier molecular flexibility index (Phi) is 4.64. The molecule has 0 amide bonds. The molecular weight excluding hydrogens is 295 g/mol. The molecule has 0 bridgehead atoms. The third-order valence-electron chi connectivity index (χ3n) is 3.98. The second kappa shape index (κ2) is 6.19. The molecule has 1 aliphatic rings. The van der Waals surface area contributed by atoms with Gasteiger partial charge in [-0.15, -0.1) is 0 Å². The molecular formula is C19H23FO3. The number of aldehydes is 1. The van der Waals surface area contributed by atoms with Crippen molar-refractivity contribution in [2.45, 2.75) is 40.2 Å². The Morgan fingerprint density at radius 3 is 2.52 bits per heavy atom. The quantitative estimate of drug-likeness (QED) is 0.590. The zero-order chi connectivity index (χ0) is 17.4. The summed E-state index contributed by atoms with van der Waals surface area (Å²) in [6.07, 6.45) is 2.30. The van der Waals surface area contributed by atoms with Gasteiger partial charge < -0.3 is 9.47 Å². The summed E-state index contributed by atoms with van der Waals surface area (Å²) in [6.45, 7) is 9.78. The smallest absolute Gasteiger partial charge is 0.178 e. The molecule has 0 saturated carbocycles. The van der Waals surface area contributed by atoms with Gasteiger partial charge in [0.25, 0.3) is 0 Å². The molecule has 0 unspecified atom stereocenters. The van der Waals surface area contributed by atoms with Gasteiger partial charge in [-0.05, 0) is 50.0 Å². The van der Waals surface area contributed by atoms with Gasteiger partial charge in [0.2, 0.25) is 0 Å². The van der Waals surface area contributed by atoms with Crippen molar-refractivity contribution in [2.24, 2.45) is 5.92 Å². The predicted molar refractivity (Wildman–Crippen MR) is 90.3 cm³/mol. The van der Waals surface area contributed by atoms with Crippen LogP contribution in [0.5, 0.6) is 11.5 Å². The van der Waals surface area contributed by atoms with Crippen LogP contribution in [0.15, 0.2) is 24.0 Å². The average Bonchev–Trinajstić information content (AvgIpc) is 2.50. The van der Waals surface area contributed by atoms with Gasteiger partial charge in [0.1, 0.15) is 17.1 Å². The number of carbonyl (C=O) groups excluding carboxylic acids is 1. The maximum absolute atomic E-state index is 13.7. The standard InChI is InChI=1S/C19H23FO3/c1-11(2)15-9-19(4,5)23-18-8-17(22-6)13(7-14(15)18)12(3)16(20)10-21/h7-11H,1-6H3/b16-12+. The summed E-state index contributed by atoms with van der Waals surface area (Å²) in [5.41, 5.74) is 2.45. The van der Waals surface area contributed by atoms with E-state index < -0.39 is 11.4 Å². The lowest BCUT2D eigenvalue weighted by atomic mass is 9.86. The molecule has 1 aromatic rings. The van der Waals surface area contributed by atoms with Crippen LogP contribution in [0, 0.1) is 5.92 Å². The molecule has 0 spiro atoms. The SMILES string of the molecule is COc1cc2c(cc1/C(C)=C(/F)C=O)C(C(C)C)=CC(C)(C)O2. The highest BCUT2D eigenvalue weighted by Gasteiger charge is 2.29. The number of benzene rings is 1. The molecule has 0 aliphatic carbocycles. The van der Waals surface area contributed by atoms with Crippen molar-refractivity contribution >= 4 is 17.4 Å². The number of hydrogen-bond acceptors (Lipinski definition) is 3. The topological polar surface area (TPSA) is 35.5 Å². The van der Waals surface area contributed by atoms with Crippen LogP contribution in [0.4, 0.5) is 4.39 Å². The van der Waals surface area contributed by atoms with E-state index in [2.05, 4.69) is 19.9 Å². The monoisotopic (exact) mass is 318 g/mol. The molecule has 23 heavy (non-hydrogen) atoms. The summed E-state index contributed by atoms with van der Waals surface area (Å²) in [7, 11) is 1.52. The van der Waals surface area contributed by atoms with Crippen LogP contribution in [0.2, 0.25) is 0 Å². The van der Waals surface area contributed by atoms with Crippen LogP contribution in [-0.2, 0) is 4.79 Å². The molecule has 1 aromatic carbocycles. The number of methoxy groups -OCH3 is 1. The fraction of sp³-hybridized carbons (Fsp3) is 0.421. The Bertz CT molecular complexity index is 697. The van der Waals surface area contributed by atoms with Crippen LogP contribution < -0.4 is 9.47 Å². The minimum Gasteiger partial charge on any atom is -0.496 e. The molecule has 0 atom stereocenters. The van der Waals surface area contributed by atoms with Gasteiger partial charge in [-0.1, -0.05) is 13.8 Å². The van der Waals surface area contributed by atoms with Crippen molar-refractivity contribution in [3.05, 3.63) is 35.2 Å². The summed E-state index contributed by atoms with van der Waals surface area (Å²) in [6, 6.07) is 3.61. The molecule has 3 nitrogen and oxygen atoms in total. The Morgan fingerprint density at radius 2 is 2.00 bits per heavy atom. The molecule has 2 rings (SSSR count). The first-order chi connectivity index (χ1) is 10.7. The Balaban J connectivity index is 2.73. The third kappa shape index (κ3) is 3.31. The van der Waals surface area contributed by atoms with E-state index in [4.69, 9.17) is 9.47 Å². The van der Waals surface area contributed by atoms with E-state index in [0.717, 1.165) is 11.1 Å². The van der Waals surface area contributed by atoms with Gasteiger partial charge >= 0.3 is 0 Å². The van der Waals surface area contributed by atoms with Crippen LogP contribution in [0.1, 0.15) is 45.7 Å². The maximum Gasteiger partial charge on any atom is 0.178 e. The van der Waals surface area contributed by atoms with Crippen LogP contribution in [-0.4, -0.2) is 19.0 Å². The fourth-order valence-corrected chi connectivity index (χ4v) is 2.79. The lowest BCUT2D eigenvalue weighted by Gasteiger charge is -2.33. The van der Waals surface area contributed by atoms with E-state index >= 15 is 0 Å². The van der Waals surface area contributed by atoms with Gasteiger partial charge in [0.05, 0.1) is 7.11 Å². The van der Waals surface area contributed by atoms with Crippen molar-refractivity contribution < 1.29 is 18.7 Å². The number of halogens is 1. The first kappa shape index (κ1) is 17.3. The lowest BCUT2D eigenvalue weighted by molar-refractivity contribution is -0.106. The fourth-order valence-electron chi connectivity index (χ4n) is 2.79. The predicted octanol–water partition coefficient (Wildman–Crippen LogP) is 4.81. The van der Waals surface area contributed by atoms with E-state index in [1.54, 1.807) is 13.0 Å². The largest absolute Gasteiger partial charge is 0.496 e. The van der Waals surface area contributed by atoms with Gasteiger partial charge in [0.15, 0.2) is 12.1 Å². The second-order valence-corrected chi connectivity index (χ2v) is 6.60. The Labute approximate surface area is 136 Å². The molecule has 0 N–H and O–H groups in total. The van der Waals surface area contributed by atoms with E-state index in [0.29, 0.717) is 23.0 Å². The number of fused-ring (bicyclic) bond motifs is 1. The van der Waals surface area contributed by atoms with E-state index in [1.165, 1.54) is 7.11 Å². The Morgan fingerprint density at radius 1 is 1.35 bits per heavy atom. The summed E-state index contributed by atoms with van der Waals surface area (Å²) in [4.78, 5) is 10.8. The zero-order valence-electron chi connectivity index (χ0n) is 14.5. The third-order valence-corrected chi connectivity index (χ3v) is 3.98. The molecule has 124 valence electrons. The highest BCUT2D eigenvalue weighted by Crippen LogP contribution is 2.44. The maximum atomic E-state index is 13.7. The molecule has 1 aliphatic heterocycles. The minimum atomic E-state index is -0.796. The summed E-state index contributed by atoms with van der Waals surface area (Å²) in [5.74, 6) is 0.689. The number of rotatable bonds is 4. The van der Waals surface area contributed by atoms with Crippen LogP contribution >= 0.6 is 0 Å². The van der Waals surface area contributed by atoms with Crippen LogP contribution in [0.3, 0.4) is 0 Å². The van der Waals surface area contributed by atoms with Gasteiger partial charge in [-0.25, -0.2) is 4.39 Å². The molecule has 0 fully saturated rings. The number of hydrogen-bond donors (Lipinski definition) is 0.